The Morgan fingerprint density at radius 3 is 2.79 bits per heavy atom. The fourth-order valence-electron chi connectivity index (χ4n) is 3.90. The Bertz CT molecular complexity index is 422. The number of aliphatic hydroxyl groups excluding tert-OH is 1. The van der Waals surface area contributed by atoms with Crippen LogP contribution in [0.5, 0.6) is 0 Å². The summed E-state index contributed by atoms with van der Waals surface area (Å²) in [7, 11) is 2.17. The minimum Gasteiger partial charge on any atom is -0.396 e. The Morgan fingerprint density at radius 1 is 1.26 bits per heavy atom. The molecule has 0 aliphatic carbocycles. The van der Waals surface area contributed by atoms with Crippen LogP contribution in [0.2, 0.25) is 0 Å². The monoisotopic (exact) mass is 260 g/mol. The standard InChI is InChI=1S/C16H24N2O/c1-17-8-7-15-10-18(12-16(15,11-17)13-19)9-14-5-3-2-4-6-14/h2-6,15,19H,7-13H2,1H3. The highest BCUT2D eigenvalue weighted by Gasteiger charge is 2.48. The van der Waals surface area contributed by atoms with Crippen LogP contribution in [-0.4, -0.2) is 54.7 Å². The zero-order chi connectivity index (χ0) is 13.3. The Labute approximate surface area is 115 Å². The van der Waals surface area contributed by atoms with E-state index in [9.17, 15) is 5.11 Å². The van der Waals surface area contributed by atoms with Crippen molar-refractivity contribution in [2.45, 2.75) is 13.0 Å². The fourth-order valence-corrected chi connectivity index (χ4v) is 3.90. The third-order valence-corrected chi connectivity index (χ3v) is 4.89. The summed E-state index contributed by atoms with van der Waals surface area (Å²) >= 11 is 0. The van der Waals surface area contributed by atoms with Gasteiger partial charge in [0.15, 0.2) is 0 Å². The van der Waals surface area contributed by atoms with Crippen LogP contribution in [0.15, 0.2) is 30.3 Å². The van der Waals surface area contributed by atoms with Crippen LogP contribution in [0.3, 0.4) is 0 Å². The maximum Gasteiger partial charge on any atom is 0.0515 e. The number of piperidine rings is 1. The number of likely N-dealkylation sites (tertiary alicyclic amines) is 2. The van der Waals surface area contributed by atoms with Gasteiger partial charge in [-0.25, -0.2) is 0 Å². The number of nitrogens with zero attached hydrogens (tertiary/aromatic N) is 2. The molecular weight excluding hydrogens is 236 g/mol. The number of fused-ring (bicyclic) bond motifs is 1. The number of hydrogen-bond donors (Lipinski definition) is 1. The Hall–Kier alpha value is -0.900. The summed E-state index contributed by atoms with van der Waals surface area (Å²) in [4.78, 5) is 4.90. The van der Waals surface area contributed by atoms with Crippen molar-refractivity contribution >= 4 is 0 Å². The van der Waals surface area contributed by atoms with Crippen LogP contribution in [0.4, 0.5) is 0 Å². The fraction of sp³-hybridized carbons (Fsp3) is 0.625. The Morgan fingerprint density at radius 2 is 2.05 bits per heavy atom. The molecule has 0 spiro atoms. The summed E-state index contributed by atoms with van der Waals surface area (Å²) in [5.41, 5.74) is 1.49. The van der Waals surface area contributed by atoms with Crippen LogP contribution in [0.25, 0.3) is 0 Å². The van der Waals surface area contributed by atoms with E-state index in [0.29, 0.717) is 12.5 Å². The van der Waals surface area contributed by atoms with Crippen LogP contribution in [-0.2, 0) is 6.54 Å². The van der Waals surface area contributed by atoms with Crippen LogP contribution >= 0.6 is 0 Å². The molecule has 0 bridgehead atoms. The number of benzene rings is 1. The van der Waals surface area contributed by atoms with E-state index < -0.39 is 0 Å². The molecule has 2 saturated heterocycles. The molecule has 2 aliphatic heterocycles. The summed E-state index contributed by atoms with van der Waals surface area (Å²) < 4.78 is 0. The van der Waals surface area contributed by atoms with E-state index in [1.807, 2.05) is 0 Å². The summed E-state index contributed by atoms with van der Waals surface area (Å²) in [6.45, 7) is 5.73. The predicted molar refractivity (Wildman–Crippen MR) is 76.8 cm³/mol. The summed E-state index contributed by atoms with van der Waals surface area (Å²) in [6.07, 6.45) is 1.22. The first-order valence-electron chi connectivity index (χ1n) is 7.27. The molecule has 0 amide bonds. The lowest BCUT2D eigenvalue weighted by atomic mass is 9.74. The highest BCUT2D eigenvalue weighted by atomic mass is 16.3. The molecule has 1 aromatic rings. The molecule has 2 unspecified atom stereocenters. The Balaban J connectivity index is 1.71. The lowest BCUT2D eigenvalue weighted by Crippen LogP contribution is -2.49. The Kier molecular flexibility index (Phi) is 3.61. The van der Waals surface area contributed by atoms with Gasteiger partial charge < -0.3 is 10.0 Å². The van der Waals surface area contributed by atoms with Crippen molar-refractivity contribution < 1.29 is 5.11 Å². The van der Waals surface area contributed by atoms with Gasteiger partial charge in [0.1, 0.15) is 0 Å². The van der Waals surface area contributed by atoms with Gasteiger partial charge in [-0.2, -0.15) is 0 Å². The summed E-state index contributed by atoms with van der Waals surface area (Å²) in [6, 6.07) is 10.7. The van der Waals surface area contributed by atoms with Gasteiger partial charge in [-0.3, -0.25) is 4.90 Å². The van der Waals surface area contributed by atoms with Crippen LogP contribution < -0.4 is 0 Å². The highest BCUT2D eigenvalue weighted by molar-refractivity contribution is 5.15. The topological polar surface area (TPSA) is 26.7 Å². The minimum absolute atomic E-state index is 0.113. The molecule has 0 aromatic heterocycles. The molecule has 3 rings (SSSR count). The van der Waals surface area contributed by atoms with Crippen molar-refractivity contribution in [3.8, 4) is 0 Å². The van der Waals surface area contributed by atoms with Gasteiger partial charge in [0, 0.05) is 31.6 Å². The van der Waals surface area contributed by atoms with Gasteiger partial charge in [0.2, 0.25) is 0 Å². The quantitative estimate of drug-likeness (QED) is 0.891. The second kappa shape index (κ2) is 5.23. The van der Waals surface area contributed by atoms with Crippen molar-refractivity contribution in [3.63, 3.8) is 0 Å². The molecule has 19 heavy (non-hydrogen) atoms. The van der Waals surface area contributed by atoms with Crippen molar-refractivity contribution in [2.24, 2.45) is 11.3 Å². The average molecular weight is 260 g/mol. The zero-order valence-electron chi connectivity index (χ0n) is 11.8. The van der Waals surface area contributed by atoms with Gasteiger partial charge in [-0.15, -0.1) is 0 Å². The molecule has 2 heterocycles. The first-order valence-corrected chi connectivity index (χ1v) is 7.27. The molecule has 2 fully saturated rings. The lowest BCUT2D eigenvalue weighted by Gasteiger charge is -2.41. The van der Waals surface area contributed by atoms with Crippen molar-refractivity contribution in [1.29, 1.82) is 0 Å². The van der Waals surface area contributed by atoms with E-state index in [1.54, 1.807) is 0 Å². The van der Waals surface area contributed by atoms with E-state index in [0.717, 1.165) is 26.2 Å². The summed E-state index contributed by atoms with van der Waals surface area (Å²) in [5, 5.41) is 9.90. The molecule has 1 aromatic carbocycles. The molecule has 104 valence electrons. The van der Waals surface area contributed by atoms with Crippen molar-refractivity contribution in [1.82, 2.24) is 9.80 Å². The van der Waals surface area contributed by atoms with E-state index >= 15 is 0 Å². The highest BCUT2D eigenvalue weighted by Crippen LogP contribution is 2.41. The van der Waals surface area contributed by atoms with E-state index in [2.05, 4.69) is 47.2 Å². The average Bonchev–Trinajstić information content (AvgIpc) is 2.77. The normalized spacial score (nSPS) is 32.4. The van der Waals surface area contributed by atoms with Crippen molar-refractivity contribution in [3.05, 3.63) is 35.9 Å². The number of rotatable bonds is 3. The SMILES string of the molecule is CN1CCC2CN(Cc3ccccc3)CC2(CO)C1. The third kappa shape index (κ3) is 2.55. The maximum atomic E-state index is 9.90. The van der Waals surface area contributed by atoms with Gasteiger partial charge in [0.05, 0.1) is 6.61 Å². The molecule has 0 saturated carbocycles. The van der Waals surface area contributed by atoms with Gasteiger partial charge >= 0.3 is 0 Å². The van der Waals surface area contributed by atoms with Crippen LogP contribution in [0.1, 0.15) is 12.0 Å². The molecule has 0 radical (unpaired) electrons. The van der Waals surface area contributed by atoms with Gasteiger partial charge in [0.25, 0.3) is 0 Å². The smallest absolute Gasteiger partial charge is 0.0515 e. The zero-order valence-corrected chi connectivity index (χ0v) is 11.8. The first kappa shape index (κ1) is 13.1. The van der Waals surface area contributed by atoms with Gasteiger partial charge in [-0.05, 0) is 31.5 Å². The second-order valence-corrected chi connectivity index (χ2v) is 6.40. The van der Waals surface area contributed by atoms with E-state index in [1.165, 1.54) is 18.5 Å². The molecule has 2 aliphatic rings. The number of aliphatic hydroxyl groups is 1. The molecule has 3 heteroatoms. The molecule has 1 N–H and O–H groups in total. The minimum atomic E-state index is 0.113. The van der Waals surface area contributed by atoms with E-state index in [4.69, 9.17) is 0 Å². The predicted octanol–water partition coefficient (Wildman–Crippen LogP) is 1.43. The molecule has 2 atom stereocenters. The largest absolute Gasteiger partial charge is 0.396 e. The molecule has 3 nitrogen and oxygen atoms in total. The maximum absolute atomic E-state index is 9.90. The lowest BCUT2D eigenvalue weighted by molar-refractivity contribution is 0.0213. The number of hydrogen-bond acceptors (Lipinski definition) is 3. The first-order chi connectivity index (χ1) is 9.22. The van der Waals surface area contributed by atoms with Gasteiger partial charge in [-0.1, -0.05) is 30.3 Å². The molecular formula is C16H24N2O. The third-order valence-electron chi connectivity index (χ3n) is 4.89. The second-order valence-electron chi connectivity index (χ2n) is 6.40. The van der Waals surface area contributed by atoms with Crippen molar-refractivity contribution in [2.75, 3.05) is 39.8 Å². The summed E-state index contributed by atoms with van der Waals surface area (Å²) in [5.74, 6) is 0.664. The van der Waals surface area contributed by atoms with Crippen LogP contribution in [0, 0.1) is 11.3 Å². The van der Waals surface area contributed by atoms with E-state index in [-0.39, 0.29) is 5.41 Å².